The molecule has 0 aliphatic heterocycles. The van der Waals surface area contributed by atoms with Crippen molar-refractivity contribution >= 4 is 73.1 Å². The van der Waals surface area contributed by atoms with Gasteiger partial charge in [0.05, 0.1) is 27.0 Å². The molecule has 0 aliphatic carbocycles. The molecule has 196 valence electrons. The second-order valence-corrected chi connectivity index (χ2v) is 10.3. The molecule has 0 atom stereocenters. The Kier molecular flexibility index (Phi) is 22.6. The number of esters is 2. The van der Waals surface area contributed by atoms with E-state index >= 15 is 0 Å². The Morgan fingerprint density at radius 2 is 1.23 bits per heavy atom. The molecule has 0 aliphatic rings. The van der Waals surface area contributed by atoms with Gasteiger partial charge in [0.1, 0.15) is 11.5 Å². The van der Waals surface area contributed by atoms with Gasteiger partial charge in [-0.15, -0.1) is 0 Å². The molecule has 2 rings (SSSR count). The van der Waals surface area contributed by atoms with Crippen molar-refractivity contribution in [2.45, 2.75) is 52.4 Å². The van der Waals surface area contributed by atoms with Crippen LogP contribution in [0.1, 0.15) is 52.4 Å². The minimum absolute atomic E-state index is 0.182. The van der Waals surface area contributed by atoms with E-state index in [2.05, 4.69) is 61.1 Å². The van der Waals surface area contributed by atoms with Crippen molar-refractivity contribution in [1.29, 1.82) is 0 Å². The average molecular weight is 777 g/mol. The molecule has 9 heteroatoms. The second-order valence-electron chi connectivity index (χ2n) is 7.22. The Morgan fingerprint density at radius 3 is 1.69 bits per heavy atom. The molecule has 35 heavy (non-hydrogen) atoms. The molecule has 0 heterocycles. The van der Waals surface area contributed by atoms with Crippen LogP contribution in [0.4, 0.5) is 0 Å². The van der Waals surface area contributed by atoms with Crippen molar-refractivity contribution in [3.05, 3.63) is 55.7 Å². The summed E-state index contributed by atoms with van der Waals surface area (Å²) in [6.07, 6.45) is 6.14. The highest BCUT2D eigenvalue weighted by Gasteiger charge is 1.99. The third-order valence-electron chi connectivity index (χ3n) is 4.12. The fourth-order valence-electron chi connectivity index (χ4n) is 2.38. The van der Waals surface area contributed by atoms with Gasteiger partial charge in [-0.25, -0.2) is 0 Å². The topological polar surface area (TPSA) is 82.1 Å². The first-order chi connectivity index (χ1) is 16.8. The lowest BCUT2D eigenvalue weighted by Crippen LogP contribution is -2.02. The van der Waals surface area contributed by atoms with Crippen molar-refractivity contribution in [3.63, 3.8) is 0 Å². The van der Waals surface area contributed by atoms with E-state index in [-0.39, 0.29) is 11.9 Å². The van der Waals surface area contributed by atoms with Crippen molar-refractivity contribution in [1.82, 2.24) is 0 Å². The first-order valence-electron chi connectivity index (χ1n) is 11.4. The molecule has 0 amide bonds. The number of benzene rings is 2. The highest BCUT2D eigenvalue weighted by atomic mass is 127. The van der Waals surface area contributed by atoms with Crippen molar-refractivity contribution in [3.8, 4) is 11.5 Å². The van der Waals surface area contributed by atoms with E-state index in [0.717, 1.165) is 56.7 Å². The van der Waals surface area contributed by atoms with Crippen LogP contribution in [0.3, 0.4) is 0 Å². The molecule has 1 N–H and O–H groups in total. The van der Waals surface area contributed by atoms with Gasteiger partial charge in [-0.3, -0.25) is 9.59 Å². The van der Waals surface area contributed by atoms with E-state index in [1.54, 1.807) is 12.1 Å². The number of ether oxygens (including phenoxy) is 3. The maximum Gasteiger partial charge on any atom is 0.302 e. The highest BCUT2D eigenvalue weighted by molar-refractivity contribution is 14.1. The van der Waals surface area contributed by atoms with Crippen LogP contribution >= 0.6 is 61.1 Å². The average Bonchev–Trinajstić information content (AvgIpc) is 2.82. The fourth-order valence-corrected chi connectivity index (χ4v) is 3.71. The molecule has 0 fully saturated rings. The van der Waals surface area contributed by atoms with E-state index in [9.17, 15) is 9.59 Å². The highest BCUT2D eigenvalue weighted by Crippen LogP contribution is 2.20. The van der Waals surface area contributed by atoms with Crippen molar-refractivity contribution < 1.29 is 28.9 Å². The van der Waals surface area contributed by atoms with E-state index in [1.165, 1.54) is 13.8 Å². The number of carbonyl (C=O) groups is 2. The van der Waals surface area contributed by atoms with E-state index in [0.29, 0.717) is 25.6 Å². The molecule has 0 spiro atoms. The lowest BCUT2D eigenvalue weighted by atomic mass is 10.2. The monoisotopic (exact) mass is 776 g/mol. The van der Waals surface area contributed by atoms with Crippen LogP contribution in [0.15, 0.2) is 48.5 Å². The summed E-state index contributed by atoms with van der Waals surface area (Å²) in [5.74, 6) is 0.903. The first-order valence-corrected chi connectivity index (χ1v) is 14.7. The molecule has 0 saturated carbocycles. The Bertz CT molecular complexity index is 814. The van der Waals surface area contributed by atoms with Gasteiger partial charge in [0.15, 0.2) is 0 Å². The summed E-state index contributed by atoms with van der Waals surface area (Å²) in [4.78, 5) is 20.8. The molecule has 0 radical (unpaired) electrons. The summed E-state index contributed by atoms with van der Waals surface area (Å²) in [5, 5.41) is 9.95. The standard InChI is InChI=1S/C13H17IO3.C7H13BrO2.C6H5IO/c1-11(15)16-9-5-2-6-10-17-13-8-4-3-7-12(13)14;1-7(9)10-6-4-2-3-5-8;7-5-3-1-2-4-6(5)8/h3-4,7-8H,2,5-6,9-10H2,1H3;2-6H2,1H3;1-4,8H. The lowest BCUT2D eigenvalue weighted by Gasteiger charge is -2.07. The van der Waals surface area contributed by atoms with Crippen LogP contribution in [0.5, 0.6) is 11.5 Å². The maximum absolute atomic E-state index is 10.5. The third-order valence-corrected chi connectivity index (χ3v) is 6.49. The molecule has 6 nitrogen and oxygen atoms in total. The van der Waals surface area contributed by atoms with Crippen LogP contribution in [0.25, 0.3) is 0 Å². The number of rotatable bonds is 12. The first kappa shape index (κ1) is 33.9. The third kappa shape index (κ3) is 21.9. The van der Waals surface area contributed by atoms with Gasteiger partial charge >= 0.3 is 11.9 Å². The second kappa shape index (κ2) is 23.3. The van der Waals surface area contributed by atoms with Gasteiger partial charge in [-0.05, 0) is 108 Å². The summed E-state index contributed by atoms with van der Waals surface area (Å²) in [5.41, 5.74) is 0. The van der Waals surface area contributed by atoms with E-state index < -0.39 is 0 Å². The summed E-state index contributed by atoms with van der Waals surface area (Å²) >= 11 is 7.66. The molecule has 0 aromatic heterocycles. The smallest absolute Gasteiger partial charge is 0.302 e. The molecular formula is C26H35BrI2O6. The Labute approximate surface area is 244 Å². The predicted octanol–water partition coefficient (Wildman–Crippen LogP) is 7.51. The zero-order chi connectivity index (χ0) is 26.3. The predicted molar refractivity (Wildman–Crippen MR) is 160 cm³/mol. The number of carbonyl (C=O) groups excluding carboxylic acids is 2. The number of unbranched alkanes of at least 4 members (excludes halogenated alkanes) is 4. The Morgan fingerprint density at radius 1 is 0.743 bits per heavy atom. The number of halogens is 3. The lowest BCUT2D eigenvalue weighted by molar-refractivity contribution is -0.142. The molecule has 0 saturated heterocycles. The van der Waals surface area contributed by atoms with Crippen LogP contribution < -0.4 is 4.74 Å². The number of hydrogen-bond donors (Lipinski definition) is 1. The van der Waals surface area contributed by atoms with E-state index in [4.69, 9.17) is 19.3 Å². The summed E-state index contributed by atoms with van der Waals surface area (Å²) in [7, 11) is 0. The SMILES string of the molecule is CC(=O)OCCCCCBr.CC(=O)OCCCCCOc1ccccc1I.Oc1ccccc1I. The molecular weight excluding hydrogens is 742 g/mol. The summed E-state index contributed by atoms with van der Waals surface area (Å²) in [6, 6.07) is 15.2. The normalized spacial score (nSPS) is 9.63. The van der Waals surface area contributed by atoms with Crippen LogP contribution in [-0.2, 0) is 19.1 Å². The molecule has 0 bridgehead atoms. The zero-order valence-electron chi connectivity index (χ0n) is 20.3. The maximum atomic E-state index is 10.5. The summed E-state index contributed by atoms with van der Waals surface area (Å²) < 4.78 is 17.3. The van der Waals surface area contributed by atoms with Crippen molar-refractivity contribution in [2.24, 2.45) is 0 Å². The zero-order valence-corrected chi connectivity index (χ0v) is 26.2. The number of alkyl halides is 1. The Hall–Kier alpha value is -1.08. The number of para-hydroxylation sites is 2. The molecule has 2 aromatic rings. The van der Waals surface area contributed by atoms with Crippen molar-refractivity contribution in [2.75, 3.05) is 25.2 Å². The van der Waals surface area contributed by atoms with Gasteiger partial charge in [0.2, 0.25) is 0 Å². The number of aromatic hydroxyl groups is 1. The fraction of sp³-hybridized carbons (Fsp3) is 0.462. The van der Waals surface area contributed by atoms with Gasteiger partial charge in [0.25, 0.3) is 0 Å². The Balaban J connectivity index is 0.000000544. The molecule has 0 unspecified atom stereocenters. The quantitative estimate of drug-likeness (QED) is 0.104. The summed E-state index contributed by atoms with van der Waals surface area (Å²) in [6.45, 7) is 4.66. The van der Waals surface area contributed by atoms with Gasteiger partial charge < -0.3 is 19.3 Å². The minimum atomic E-state index is -0.208. The van der Waals surface area contributed by atoms with Gasteiger partial charge in [-0.1, -0.05) is 40.2 Å². The minimum Gasteiger partial charge on any atom is -0.507 e. The largest absolute Gasteiger partial charge is 0.507 e. The van der Waals surface area contributed by atoms with E-state index in [1.807, 2.05) is 36.4 Å². The molecule has 2 aromatic carbocycles. The number of phenolic OH excluding ortho intramolecular Hbond substituents is 1. The van der Waals surface area contributed by atoms with Gasteiger partial charge in [-0.2, -0.15) is 0 Å². The number of hydrogen-bond acceptors (Lipinski definition) is 6. The van der Waals surface area contributed by atoms with Crippen LogP contribution in [0, 0.1) is 7.14 Å². The van der Waals surface area contributed by atoms with Crippen LogP contribution in [0.2, 0.25) is 0 Å². The van der Waals surface area contributed by atoms with Gasteiger partial charge in [0, 0.05) is 19.2 Å². The number of phenols is 1. The van der Waals surface area contributed by atoms with Crippen LogP contribution in [-0.4, -0.2) is 42.2 Å².